The maximum Gasteiger partial charge on any atom is 0.211 e. The van der Waals surface area contributed by atoms with Crippen LogP contribution >= 0.6 is 0 Å². The summed E-state index contributed by atoms with van der Waals surface area (Å²) in [6.45, 7) is 7.49. The van der Waals surface area contributed by atoms with E-state index < -0.39 is 10.0 Å². The molecule has 4 saturated carbocycles. The van der Waals surface area contributed by atoms with E-state index >= 15 is 0 Å². The van der Waals surface area contributed by atoms with Crippen molar-refractivity contribution in [2.75, 3.05) is 13.3 Å². The summed E-state index contributed by atoms with van der Waals surface area (Å²) in [6.07, 6.45) is 13.3. The van der Waals surface area contributed by atoms with Crippen LogP contribution in [0.4, 0.5) is 0 Å². The number of fused-ring (bicyclic) bond motifs is 5. The second-order valence-electron chi connectivity index (χ2n) is 11.0. The van der Waals surface area contributed by atoms with E-state index in [1.807, 2.05) is 7.05 Å². The molecule has 150 valence electrons. The van der Waals surface area contributed by atoms with Crippen LogP contribution in [0.3, 0.4) is 0 Å². The minimum Gasteiger partial charge on any atom is -0.213 e. The number of hydrogen-bond acceptors (Lipinski definition) is 2. The summed E-state index contributed by atoms with van der Waals surface area (Å²) in [5.74, 6) is 4.30. The van der Waals surface area contributed by atoms with Gasteiger partial charge < -0.3 is 0 Å². The topological polar surface area (TPSA) is 37.4 Å². The lowest BCUT2D eigenvalue weighted by molar-refractivity contribution is -0.116. The standard InChI is InChI=1S/C22H39NO2S/c1-15-10-12-21(2)16(14-15)6-7-17-18-8-9-20(23(4)26(5,24)25)22(18,3)13-11-19(17)21/h15-20H,6-14H2,1-5H3/t15?,16?,17?,18?,19?,20-,21?,22?/m0/s1. The smallest absolute Gasteiger partial charge is 0.211 e. The molecule has 7 unspecified atom stereocenters. The van der Waals surface area contributed by atoms with Crippen LogP contribution in [0.15, 0.2) is 0 Å². The van der Waals surface area contributed by atoms with Crippen LogP contribution in [-0.4, -0.2) is 32.1 Å². The first kappa shape index (κ1) is 19.2. The molecular weight excluding hydrogens is 342 g/mol. The van der Waals surface area contributed by atoms with Gasteiger partial charge in [-0.1, -0.05) is 27.2 Å². The van der Waals surface area contributed by atoms with Crippen LogP contribution in [0, 0.1) is 40.4 Å². The van der Waals surface area contributed by atoms with Gasteiger partial charge in [0.2, 0.25) is 10.0 Å². The van der Waals surface area contributed by atoms with Gasteiger partial charge in [-0.2, -0.15) is 0 Å². The van der Waals surface area contributed by atoms with Gasteiger partial charge >= 0.3 is 0 Å². The number of sulfonamides is 1. The van der Waals surface area contributed by atoms with Crippen molar-refractivity contribution in [2.24, 2.45) is 40.4 Å². The predicted molar refractivity (Wildman–Crippen MR) is 107 cm³/mol. The van der Waals surface area contributed by atoms with Crippen LogP contribution in [0.1, 0.15) is 78.6 Å². The van der Waals surface area contributed by atoms with E-state index in [0.717, 1.165) is 36.0 Å². The second-order valence-corrected chi connectivity index (χ2v) is 13.0. The highest BCUT2D eigenvalue weighted by atomic mass is 32.2. The highest BCUT2D eigenvalue weighted by molar-refractivity contribution is 7.88. The third-order valence-corrected chi connectivity index (χ3v) is 11.1. The number of rotatable bonds is 2. The van der Waals surface area contributed by atoms with Crippen LogP contribution in [0.25, 0.3) is 0 Å². The minimum absolute atomic E-state index is 0.185. The summed E-state index contributed by atoms with van der Waals surface area (Å²) < 4.78 is 26.1. The molecule has 4 heteroatoms. The maximum absolute atomic E-state index is 12.2. The average molecular weight is 382 g/mol. The van der Waals surface area contributed by atoms with Crippen molar-refractivity contribution >= 4 is 10.0 Å². The van der Waals surface area contributed by atoms with Crippen LogP contribution in [-0.2, 0) is 10.0 Å². The van der Waals surface area contributed by atoms with Gasteiger partial charge in [0, 0.05) is 13.1 Å². The monoisotopic (exact) mass is 381 g/mol. The van der Waals surface area contributed by atoms with Gasteiger partial charge in [-0.3, -0.25) is 0 Å². The Morgan fingerprint density at radius 2 is 1.54 bits per heavy atom. The van der Waals surface area contributed by atoms with Gasteiger partial charge in [0.1, 0.15) is 0 Å². The Hall–Kier alpha value is -0.0900. The quantitative estimate of drug-likeness (QED) is 0.680. The molecular formula is C22H39NO2S. The fourth-order valence-corrected chi connectivity index (χ4v) is 9.08. The van der Waals surface area contributed by atoms with Gasteiger partial charge in [0.05, 0.1) is 6.26 Å². The molecule has 0 heterocycles. The van der Waals surface area contributed by atoms with Gasteiger partial charge in [-0.05, 0) is 91.8 Å². The van der Waals surface area contributed by atoms with E-state index in [1.54, 1.807) is 4.31 Å². The van der Waals surface area contributed by atoms with E-state index in [2.05, 4.69) is 20.8 Å². The lowest BCUT2D eigenvalue weighted by atomic mass is 9.44. The van der Waals surface area contributed by atoms with Crippen molar-refractivity contribution in [2.45, 2.75) is 84.6 Å². The Balaban J connectivity index is 1.60. The fourth-order valence-electron chi connectivity index (χ4n) is 8.27. The van der Waals surface area contributed by atoms with E-state index in [-0.39, 0.29) is 11.5 Å². The fraction of sp³-hybridized carbons (Fsp3) is 1.00. The molecule has 0 saturated heterocycles. The van der Waals surface area contributed by atoms with Crippen LogP contribution in [0.2, 0.25) is 0 Å². The summed E-state index contributed by atoms with van der Waals surface area (Å²) >= 11 is 0. The lowest BCUT2D eigenvalue weighted by Gasteiger charge is -2.61. The molecule has 0 spiro atoms. The molecule has 0 aromatic heterocycles. The Morgan fingerprint density at radius 1 is 0.885 bits per heavy atom. The lowest BCUT2D eigenvalue weighted by Crippen LogP contribution is -2.55. The zero-order valence-electron chi connectivity index (χ0n) is 17.5. The second kappa shape index (κ2) is 6.20. The van der Waals surface area contributed by atoms with E-state index in [4.69, 9.17) is 0 Å². The zero-order chi connectivity index (χ0) is 18.9. The molecule has 0 amide bonds. The highest BCUT2D eigenvalue weighted by Gasteiger charge is 2.61. The van der Waals surface area contributed by atoms with Crippen molar-refractivity contribution in [1.29, 1.82) is 0 Å². The minimum atomic E-state index is -3.11. The molecule has 0 radical (unpaired) electrons. The van der Waals surface area contributed by atoms with Gasteiger partial charge in [0.15, 0.2) is 0 Å². The first-order chi connectivity index (χ1) is 12.1. The highest BCUT2D eigenvalue weighted by Crippen LogP contribution is 2.67. The Kier molecular flexibility index (Phi) is 4.59. The summed E-state index contributed by atoms with van der Waals surface area (Å²) in [5, 5.41) is 0. The first-order valence-corrected chi connectivity index (χ1v) is 12.8. The average Bonchev–Trinajstić information content (AvgIpc) is 2.91. The van der Waals surface area contributed by atoms with E-state index in [0.29, 0.717) is 5.41 Å². The summed E-state index contributed by atoms with van der Waals surface area (Å²) in [7, 11) is -1.29. The normalized spacial score (nSPS) is 51.6. The van der Waals surface area contributed by atoms with Crippen LogP contribution < -0.4 is 0 Å². The Labute approximate surface area is 161 Å². The SMILES string of the molecule is CC1CCC2(C)C(CCC3C2CCC2(C)C3CC[C@@H]2N(C)S(C)(=O)=O)C1. The summed E-state index contributed by atoms with van der Waals surface area (Å²) in [6, 6.07) is 0.209. The molecule has 3 nitrogen and oxygen atoms in total. The molecule has 4 rings (SSSR count). The Bertz CT molecular complexity index is 661. The van der Waals surface area contributed by atoms with Crippen molar-refractivity contribution in [1.82, 2.24) is 4.31 Å². The molecule has 4 aliphatic rings. The molecule has 0 bridgehead atoms. The van der Waals surface area contributed by atoms with Crippen LogP contribution in [0.5, 0.6) is 0 Å². The molecule has 0 N–H and O–H groups in total. The molecule has 0 aliphatic heterocycles. The van der Waals surface area contributed by atoms with E-state index in [1.165, 1.54) is 57.6 Å². The molecule has 4 fully saturated rings. The third-order valence-electron chi connectivity index (χ3n) is 9.84. The molecule has 0 aromatic carbocycles. The van der Waals surface area contributed by atoms with Gasteiger partial charge in [0.25, 0.3) is 0 Å². The molecule has 8 atom stereocenters. The van der Waals surface area contributed by atoms with Crippen molar-refractivity contribution in [3.05, 3.63) is 0 Å². The number of nitrogens with zero attached hydrogens (tertiary/aromatic N) is 1. The predicted octanol–water partition coefficient (Wildman–Crippen LogP) is 4.93. The third kappa shape index (κ3) is 2.72. The van der Waals surface area contributed by atoms with Gasteiger partial charge in [-0.25, -0.2) is 12.7 Å². The first-order valence-electron chi connectivity index (χ1n) is 11.0. The summed E-state index contributed by atoms with van der Waals surface area (Å²) in [5.41, 5.74) is 0.738. The largest absolute Gasteiger partial charge is 0.213 e. The molecule has 0 aromatic rings. The van der Waals surface area contributed by atoms with Crippen molar-refractivity contribution in [3.8, 4) is 0 Å². The van der Waals surface area contributed by atoms with Crippen molar-refractivity contribution in [3.63, 3.8) is 0 Å². The number of hydrogen-bond donors (Lipinski definition) is 0. The Morgan fingerprint density at radius 3 is 2.23 bits per heavy atom. The molecule has 4 aliphatic carbocycles. The maximum atomic E-state index is 12.2. The summed E-state index contributed by atoms with van der Waals surface area (Å²) in [4.78, 5) is 0. The van der Waals surface area contributed by atoms with E-state index in [9.17, 15) is 8.42 Å². The zero-order valence-corrected chi connectivity index (χ0v) is 18.3. The van der Waals surface area contributed by atoms with Gasteiger partial charge in [-0.15, -0.1) is 0 Å². The van der Waals surface area contributed by atoms with Crippen molar-refractivity contribution < 1.29 is 8.42 Å². The molecule has 26 heavy (non-hydrogen) atoms.